The molecule has 0 saturated carbocycles. The summed E-state index contributed by atoms with van der Waals surface area (Å²) < 4.78 is 33.7. The summed E-state index contributed by atoms with van der Waals surface area (Å²) in [5, 5.41) is 5.23. The maximum absolute atomic E-state index is 12.9. The second-order valence-electron chi connectivity index (χ2n) is 6.87. The van der Waals surface area contributed by atoms with Gasteiger partial charge >= 0.3 is 0 Å². The Balaban J connectivity index is 0.00000341. The summed E-state index contributed by atoms with van der Waals surface area (Å²) in [5.41, 5.74) is 4.47. The van der Waals surface area contributed by atoms with Crippen molar-refractivity contribution in [2.45, 2.75) is 37.3 Å². The Bertz CT molecular complexity index is 1050. The van der Waals surface area contributed by atoms with Crippen molar-refractivity contribution in [3.8, 4) is 11.3 Å². The highest BCUT2D eigenvalue weighted by Gasteiger charge is 2.20. The Morgan fingerprint density at radius 2 is 2.03 bits per heavy atom. The van der Waals surface area contributed by atoms with Crippen molar-refractivity contribution in [1.82, 2.24) is 14.7 Å². The van der Waals surface area contributed by atoms with Crippen LogP contribution in [-0.4, -0.2) is 38.1 Å². The quantitative estimate of drug-likeness (QED) is 0.422. The molecule has 3 aromatic rings. The Morgan fingerprint density at radius 1 is 1.19 bits per heavy atom. The van der Waals surface area contributed by atoms with Crippen LogP contribution in [0.2, 0.25) is 0 Å². The summed E-state index contributed by atoms with van der Waals surface area (Å²) in [6, 6.07) is 10.4. The number of hydrogen-bond acceptors (Lipinski definition) is 7. The van der Waals surface area contributed by atoms with Crippen LogP contribution in [0.1, 0.15) is 25.3 Å². The average molecular weight is 483 g/mol. The van der Waals surface area contributed by atoms with Gasteiger partial charge in [0.1, 0.15) is 5.82 Å². The van der Waals surface area contributed by atoms with Gasteiger partial charge < -0.3 is 10.1 Å². The SMILES string of the molecule is CCCC(CNc1cc(-c2cscn2)ccn1)NS(=O)(=O)c1cccc(COC)c1.Cl. The Hall–Kier alpha value is -2.04. The molecule has 10 heteroatoms. The molecule has 168 valence electrons. The molecule has 0 fully saturated rings. The van der Waals surface area contributed by atoms with Crippen LogP contribution in [0.15, 0.2) is 58.4 Å². The van der Waals surface area contributed by atoms with Gasteiger partial charge in [0.2, 0.25) is 10.0 Å². The fourth-order valence-electron chi connectivity index (χ4n) is 3.08. The van der Waals surface area contributed by atoms with Gasteiger partial charge in [0, 0.05) is 36.8 Å². The normalized spacial score (nSPS) is 12.2. The van der Waals surface area contributed by atoms with Crippen LogP contribution in [0.5, 0.6) is 0 Å². The van der Waals surface area contributed by atoms with E-state index in [-0.39, 0.29) is 23.3 Å². The van der Waals surface area contributed by atoms with E-state index in [0.717, 1.165) is 23.2 Å². The third kappa shape index (κ3) is 7.26. The molecule has 7 nitrogen and oxygen atoms in total. The number of ether oxygens (including phenoxy) is 1. The summed E-state index contributed by atoms with van der Waals surface area (Å²) in [6.45, 7) is 2.82. The van der Waals surface area contributed by atoms with E-state index in [1.807, 2.05) is 30.5 Å². The van der Waals surface area contributed by atoms with Crippen molar-refractivity contribution in [1.29, 1.82) is 0 Å². The summed E-state index contributed by atoms with van der Waals surface area (Å²) in [6.07, 6.45) is 3.28. The van der Waals surface area contributed by atoms with E-state index in [4.69, 9.17) is 4.74 Å². The second kappa shape index (κ2) is 12.1. The van der Waals surface area contributed by atoms with Gasteiger partial charge in [0.15, 0.2) is 0 Å². The van der Waals surface area contributed by atoms with E-state index < -0.39 is 10.0 Å². The van der Waals surface area contributed by atoms with Gasteiger partial charge in [-0.1, -0.05) is 25.5 Å². The zero-order valence-corrected chi connectivity index (χ0v) is 19.9. The summed E-state index contributed by atoms with van der Waals surface area (Å²) >= 11 is 1.54. The van der Waals surface area contributed by atoms with Crippen molar-refractivity contribution in [2.24, 2.45) is 0 Å². The molecular formula is C21H27ClN4O3S2. The van der Waals surface area contributed by atoms with Gasteiger partial charge in [-0.15, -0.1) is 23.7 Å². The zero-order chi connectivity index (χ0) is 21.4. The predicted octanol–water partition coefficient (Wildman–Crippen LogP) is 4.33. The minimum absolute atomic E-state index is 0. The van der Waals surface area contributed by atoms with Crippen LogP contribution in [0.25, 0.3) is 11.3 Å². The molecule has 2 heterocycles. The van der Waals surface area contributed by atoms with Gasteiger partial charge in [0.05, 0.1) is 22.7 Å². The number of pyridine rings is 1. The maximum Gasteiger partial charge on any atom is 0.240 e. The lowest BCUT2D eigenvalue weighted by molar-refractivity contribution is 0.184. The van der Waals surface area contributed by atoms with Gasteiger partial charge in [-0.25, -0.2) is 23.1 Å². The number of benzene rings is 1. The minimum Gasteiger partial charge on any atom is -0.380 e. The first kappa shape index (κ1) is 25.2. The van der Waals surface area contributed by atoms with E-state index in [1.54, 1.807) is 37.0 Å². The van der Waals surface area contributed by atoms with E-state index >= 15 is 0 Å². The second-order valence-corrected chi connectivity index (χ2v) is 9.30. The topological polar surface area (TPSA) is 93.2 Å². The van der Waals surface area contributed by atoms with Crippen molar-refractivity contribution in [3.05, 3.63) is 59.0 Å². The number of nitrogens with zero attached hydrogens (tertiary/aromatic N) is 2. The molecule has 0 spiro atoms. The third-order valence-corrected chi connectivity index (χ3v) is 6.60. The first-order chi connectivity index (χ1) is 14.5. The molecule has 1 aromatic carbocycles. The standard InChI is InChI=1S/C21H26N4O3S2.ClH/c1-3-5-18(25-30(26,27)19-7-4-6-16(10-19)13-28-2)12-23-21-11-17(8-9-22-21)20-14-29-15-24-20;/h4,6-11,14-15,18,25H,3,5,12-13H2,1-2H3,(H,22,23);1H. The molecule has 2 aromatic heterocycles. The van der Waals surface area contributed by atoms with Crippen molar-refractivity contribution in [3.63, 3.8) is 0 Å². The number of thiazole rings is 1. The molecule has 0 radical (unpaired) electrons. The lowest BCUT2D eigenvalue weighted by atomic mass is 10.2. The highest BCUT2D eigenvalue weighted by Crippen LogP contribution is 2.21. The molecule has 1 unspecified atom stereocenters. The first-order valence-corrected chi connectivity index (χ1v) is 12.1. The van der Waals surface area contributed by atoms with Gasteiger partial charge in [0.25, 0.3) is 0 Å². The Kier molecular flexibility index (Phi) is 9.86. The van der Waals surface area contributed by atoms with Gasteiger partial charge in [-0.2, -0.15) is 0 Å². The minimum atomic E-state index is -3.65. The van der Waals surface area contributed by atoms with Crippen LogP contribution in [0, 0.1) is 0 Å². The average Bonchev–Trinajstić information content (AvgIpc) is 3.28. The van der Waals surface area contributed by atoms with Crippen molar-refractivity contribution < 1.29 is 13.2 Å². The number of anilines is 1. The number of aromatic nitrogens is 2. The summed E-state index contributed by atoms with van der Waals surface area (Å²) in [4.78, 5) is 8.90. The smallest absolute Gasteiger partial charge is 0.240 e. The molecule has 0 saturated heterocycles. The van der Waals surface area contributed by atoms with Crippen LogP contribution in [0.4, 0.5) is 5.82 Å². The number of sulfonamides is 1. The molecule has 0 aliphatic heterocycles. The fourth-order valence-corrected chi connectivity index (χ4v) is 4.98. The molecular weight excluding hydrogens is 456 g/mol. The van der Waals surface area contributed by atoms with Crippen LogP contribution < -0.4 is 10.0 Å². The van der Waals surface area contributed by atoms with E-state index in [1.165, 1.54) is 11.3 Å². The van der Waals surface area contributed by atoms with Gasteiger partial charge in [-0.05, 0) is 36.2 Å². The molecule has 3 rings (SSSR count). The number of halogens is 1. The van der Waals surface area contributed by atoms with Crippen molar-refractivity contribution >= 4 is 39.6 Å². The molecule has 31 heavy (non-hydrogen) atoms. The maximum atomic E-state index is 12.9. The number of nitrogens with one attached hydrogen (secondary N) is 2. The lowest BCUT2D eigenvalue weighted by Crippen LogP contribution is -2.39. The molecule has 0 aliphatic rings. The third-order valence-electron chi connectivity index (χ3n) is 4.50. The Morgan fingerprint density at radius 3 is 2.74 bits per heavy atom. The predicted molar refractivity (Wildman–Crippen MR) is 127 cm³/mol. The van der Waals surface area contributed by atoms with Crippen molar-refractivity contribution in [2.75, 3.05) is 19.0 Å². The van der Waals surface area contributed by atoms with Crippen LogP contribution >= 0.6 is 23.7 Å². The molecule has 2 N–H and O–H groups in total. The number of hydrogen-bond donors (Lipinski definition) is 2. The molecule has 0 bridgehead atoms. The Labute approximate surface area is 193 Å². The molecule has 1 atom stereocenters. The molecule has 0 amide bonds. The monoisotopic (exact) mass is 482 g/mol. The first-order valence-electron chi connectivity index (χ1n) is 9.70. The van der Waals surface area contributed by atoms with Gasteiger partial charge in [-0.3, -0.25) is 0 Å². The summed E-state index contributed by atoms with van der Waals surface area (Å²) in [5.74, 6) is 0.683. The van der Waals surface area contributed by atoms with Crippen LogP contribution in [0.3, 0.4) is 0 Å². The highest BCUT2D eigenvalue weighted by atomic mass is 35.5. The summed E-state index contributed by atoms with van der Waals surface area (Å²) in [7, 11) is -2.06. The largest absolute Gasteiger partial charge is 0.380 e. The number of rotatable bonds is 11. The fraction of sp³-hybridized carbons (Fsp3) is 0.333. The highest BCUT2D eigenvalue weighted by molar-refractivity contribution is 7.89. The van der Waals surface area contributed by atoms with E-state index in [0.29, 0.717) is 25.4 Å². The van der Waals surface area contributed by atoms with E-state index in [2.05, 4.69) is 20.0 Å². The number of methoxy groups -OCH3 is 1. The lowest BCUT2D eigenvalue weighted by Gasteiger charge is -2.19. The van der Waals surface area contributed by atoms with Crippen LogP contribution in [-0.2, 0) is 21.4 Å². The van der Waals surface area contributed by atoms with E-state index in [9.17, 15) is 8.42 Å². The molecule has 0 aliphatic carbocycles. The zero-order valence-electron chi connectivity index (χ0n) is 17.4.